The van der Waals surface area contributed by atoms with Crippen LogP contribution in [0.4, 0.5) is 0 Å². The van der Waals surface area contributed by atoms with Crippen molar-refractivity contribution in [1.82, 2.24) is 0 Å². The lowest BCUT2D eigenvalue weighted by Crippen LogP contribution is -2.75. The first-order valence-electron chi connectivity index (χ1n) is 36.5. The fourth-order valence-corrected chi connectivity index (χ4v) is 68.6. The van der Waals surface area contributed by atoms with Crippen LogP contribution in [0.25, 0.3) is 0 Å². The Bertz CT molecular complexity index is 2060. The van der Waals surface area contributed by atoms with E-state index in [-0.39, 0.29) is 15.7 Å². The second kappa shape index (κ2) is 40.4. The third-order valence-corrected chi connectivity index (χ3v) is 69.5. The minimum absolute atomic E-state index is 0.0602. The van der Waals surface area contributed by atoms with Crippen LogP contribution in [-0.2, 0) is 64.3 Å². The van der Waals surface area contributed by atoms with E-state index in [1.165, 1.54) is 49.5 Å². The third-order valence-electron chi connectivity index (χ3n) is 15.9. The molecule has 0 spiro atoms. The van der Waals surface area contributed by atoms with Crippen LogP contribution in [0.5, 0.6) is 0 Å². The van der Waals surface area contributed by atoms with Crippen molar-refractivity contribution in [2.75, 3.05) is 25.7 Å². The molecule has 0 heterocycles. The van der Waals surface area contributed by atoms with Gasteiger partial charge in [0.1, 0.15) is 34.5 Å². The Kier molecular flexibility index (Phi) is 41.6. The summed E-state index contributed by atoms with van der Waals surface area (Å²) in [6, 6.07) is 10.7. The quantitative estimate of drug-likeness (QED) is 0.0323. The molecule has 0 aliphatic carbocycles. The Hall–Kier alpha value is 2.85. The third kappa shape index (κ3) is 47.0. The topological polar surface area (TPSA) is 146 Å². The van der Waals surface area contributed by atoms with Gasteiger partial charge in [-0.25, -0.2) is 0 Å². The number of hydrogen-bond acceptors (Lipinski definition) is 15. The van der Waals surface area contributed by atoms with Crippen LogP contribution in [0.2, 0.25) is 257 Å². The van der Waals surface area contributed by atoms with E-state index < -0.39 is 157 Å². The molecule has 0 saturated heterocycles. The molecule has 0 bridgehead atoms. The van der Waals surface area contributed by atoms with Crippen molar-refractivity contribution in [2.24, 2.45) is 5.41 Å². The van der Waals surface area contributed by atoms with Crippen LogP contribution < -0.4 is 0 Å². The number of hydrogen-bond donors (Lipinski definition) is 0. The van der Waals surface area contributed by atoms with Crippen LogP contribution in [0.15, 0.2) is 0 Å². The van der Waals surface area contributed by atoms with E-state index in [9.17, 15) is 4.79 Å². The Labute approximate surface area is 600 Å². The van der Waals surface area contributed by atoms with Crippen molar-refractivity contribution in [1.29, 1.82) is 0 Å². The highest BCUT2D eigenvalue weighted by molar-refractivity contribution is 6.93. The minimum Gasteiger partial charge on any atom is -0.465 e. The maximum absolute atomic E-state index is 13.3. The molecule has 93 heavy (non-hydrogen) atoms. The van der Waals surface area contributed by atoms with Crippen LogP contribution in [0, 0.1) is 5.41 Å². The van der Waals surface area contributed by atoms with Gasteiger partial charge in [-0.15, -0.1) is 0 Å². The zero-order valence-electron chi connectivity index (χ0n) is 67.9. The molecule has 0 aliphatic rings. The number of rotatable bonds is 55. The molecular weight excluding hydrogens is 1470 g/mol. The highest BCUT2D eigenvalue weighted by atomic mass is 28.5. The zero-order chi connectivity index (χ0) is 72.7. The molecule has 0 N–H and O–H groups in total. The SMILES string of the molecule is CCCC(C)(CC)C(=O)OCCCC[SiH](CO[Si](C)(C)CO[Si](C)(C)CC[Si](OC(C)(C)[Si](O[Si](C)(C)C)(O[Si](C)(C)C)O[Si](C)(C)CCO[Si](C)(C)C)(O[Si](C)(C)C)O[Si](C)(C)C)O[Si](C)(C)CCC[SiH2]O[Si](C)(C)CCC[SiH2]O[Si](C)(C)CCC[SiH2]O[Si](C)(C)C. The zero-order valence-corrected chi connectivity index (χ0v) is 87.3. The lowest BCUT2D eigenvalue weighted by Gasteiger charge is -2.53. The molecule has 15 nitrogen and oxygen atoms in total. The van der Waals surface area contributed by atoms with Gasteiger partial charge in [0, 0.05) is 18.9 Å². The molecule has 0 aliphatic heterocycles. The van der Waals surface area contributed by atoms with Crippen LogP contribution in [-0.4, -0.2) is 193 Å². The second-order valence-corrected chi connectivity index (χ2v) is 106. The monoisotopic (exact) mass is 1620 g/mol. The lowest BCUT2D eigenvalue weighted by atomic mass is 9.83. The van der Waals surface area contributed by atoms with Crippen molar-refractivity contribution in [3.8, 4) is 0 Å². The molecule has 0 amide bonds. The summed E-state index contributed by atoms with van der Waals surface area (Å²) in [5.41, 5.74) is -0.421. The molecule has 0 aromatic rings. The summed E-state index contributed by atoms with van der Waals surface area (Å²) in [5, 5.41) is -1.01. The maximum atomic E-state index is 13.3. The molecule has 33 heteroatoms. The summed E-state index contributed by atoms with van der Waals surface area (Å²) < 4.78 is 99.5. The molecule has 0 saturated carbocycles. The van der Waals surface area contributed by atoms with E-state index in [1.807, 2.05) is 0 Å². The number of carbonyl (C=O) groups is 1. The fraction of sp³-hybridized carbons (Fsp3) is 0.983. The second-order valence-electron chi connectivity index (χ2n) is 37.2. The largest absolute Gasteiger partial charge is 0.501 e. The van der Waals surface area contributed by atoms with E-state index in [4.69, 9.17) is 59.5 Å². The van der Waals surface area contributed by atoms with Crippen LogP contribution in [0.1, 0.15) is 86.0 Å². The van der Waals surface area contributed by atoms with Gasteiger partial charge in [-0.1, -0.05) is 46.0 Å². The van der Waals surface area contributed by atoms with Crippen molar-refractivity contribution < 1.29 is 64.3 Å². The molecule has 0 aromatic carbocycles. The highest BCUT2D eigenvalue weighted by Gasteiger charge is 2.66. The van der Waals surface area contributed by atoms with Gasteiger partial charge in [-0.3, -0.25) is 4.79 Å². The van der Waals surface area contributed by atoms with Gasteiger partial charge in [0.25, 0.3) is 0 Å². The summed E-state index contributed by atoms with van der Waals surface area (Å²) in [6.45, 7) is 80.8. The van der Waals surface area contributed by atoms with Gasteiger partial charge in [0.2, 0.25) is 8.32 Å². The maximum Gasteiger partial charge on any atom is 0.501 e. The van der Waals surface area contributed by atoms with E-state index in [0.29, 0.717) is 31.7 Å². The van der Waals surface area contributed by atoms with Crippen molar-refractivity contribution >= 4 is 162 Å². The van der Waals surface area contributed by atoms with E-state index in [0.717, 1.165) is 56.3 Å². The first-order valence-corrected chi connectivity index (χ1v) is 86.1. The van der Waals surface area contributed by atoms with Crippen molar-refractivity contribution in [3.63, 3.8) is 0 Å². The van der Waals surface area contributed by atoms with Crippen LogP contribution >= 0.6 is 0 Å². The summed E-state index contributed by atoms with van der Waals surface area (Å²) in [5.74, 6) is -0.0602. The van der Waals surface area contributed by atoms with E-state index in [1.54, 1.807) is 0 Å². The fourth-order valence-electron chi connectivity index (χ4n) is 10.8. The Balaban J connectivity index is 6.55. The first-order chi connectivity index (χ1) is 41.6. The smallest absolute Gasteiger partial charge is 0.465 e. The summed E-state index contributed by atoms with van der Waals surface area (Å²) in [7, 11) is -35.5. The Morgan fingerprint density at radius 1 is 0.409 bits per heavy atom. The van der Waals surface area contributed by atoms with Gasteiger partial charge in [0.15, 0.2) is 101 Å². The molecule has 0 rings (SSSR count). The Morgan fingerprint density at radius 2 is 0.860 bits per heavy atom. The number of carbonyl (C=O) groups excluding carboxylic acids is 1. The van der Waals surface area contributed by atoms with Crippen LogP contribution in [0.3, 0.4) is 0 Å². The normalized spacial score (nSPS) is 16.1. The van der Waals surface area contributed by atoms with Gasteiger partial charge in [0.05, 0.1) is 18.3 Å². The summed E-state index contributed by atoms with van der Waals surface area (Å²) in [6.07, 6.45) is 9.37. The molecule has 0 fully saturated rings. The van der Waals surface area contributed by atoms with Gasteiger partial charge in [-0.2, -0.15) is 0 Å². The molecule has 2 atom stereocenters. The molecule has 2 unspecified atom stereocenters. The van der Waals surface area contributed by atoms with Gasteiger partial charge in [-0.05, 0) is 291 Å². The minimum atomic E-state index is -3.73. The standard InChI is InChI=1S/C60H156O15Si18/c1-36-43-60(5,37-2)58(61)62-44-38-39-49-79(70-89(30,31)52-42-48-78-69-88(28,29)51-41-47-77-68-87(26,27)50-40-46-76-67-81(9,10)11)56-64-91(34,35)57-65-86(24,25)54-55-92(71-82(12,13)14,72-83(15,16)17)66-59(3,4)93(73-84(18,19)20,74-85(21,22)23)75-90(32,33)53-45-63-80(6,7)8/h79H,36-57,76-78H2,1-35H3. The van der Waals surface area contributed by atoms with E-state index >= 15 is 0 Å². The first kappa shape index (κ1) is 95.9. The Morgan fingerprint density at radius 3 is 1.28 bits per heavy atom. The molecule has 0 radical (unpaired) electrons. The molecule has 558 valence electrons. The predicted molar refractivity (Wildman–Crippen MR) is 447 cm³/mol. The molecular formula is C60H156O15Si18. The van der Waals surface area contributed by atoms with Crippen molar-refractivity contribution in [3.05, 3.63) is 0 Å². The van der Waals surface area contributed by atoms with E-state index in [2.05, 4.69) is 231 Å². The molecule has 0 aromatic heterocycles. The van der Waals surface area contributed by atoms with Gasteiger partial charge < -0.3 is 59.5 Å². The highest BCUT2D eigenvalue weighted by Crippen LogP contribution is 2.42. The predicted octanol–water partition coefficient (Wildman–Crippen LogP) is 17.7. The van der Waals surface area contributed by atoms with Crippen molar-refractivity contribution in [2.45, 2.75) is 348 Å². The lowest BCUT2D eigenvalue weighted by molar-refractivity contribution is -0.155. The average Bonchev–Trinajstić information content (AvgIpc) is 0.743. The summed E-state index contributed by atoms with van der Waals surface area (Å²) in [4.78, 5) is 13.3. The number of ether oxygens (including phenoxy) is 1. The average molecular weight is 1620 g/mol. The number of unbranched alkanes of at least 4 members (excludes halogenated alkanes) is 1. The van der Waals surface area contributed by atoms with Gasteiger partial charge >= 0.3 is 23.6 Å². The number of esters is 1. The summed E-state index contributed by atoms with van der Waals surface area (Å²) >= 11 is 0.